The minimum Gasteiger partial charge on any atom is -0.744 e. The van der Waals surface area contributed by atoms with Gasteiger partial charge in [-0.25, -0.2) is 0 Å². The first-order valence-corrected chi connectivity index (χ1v) is 12.3. The summed E-state index contributed by atoms with van der Waals surface area (Å²) in [6.45, 7) is 9.42. The first kappa shape index (κ1) is 23.6. The summed E-state index contributed by atoms with van der Waals surface area (Å²) in [5, 5.41) is 0. The monoisotopic (exact) mass is 338 g/mol. The summed E-state index contributed by atoms with van der Waals surface area (Å²) in [5.74, 6) is 0. The van der Waals surface area contributed by atoms with Crippen LogP contribution in [-0.4, -0.2) is 24.6 Å². The summed E-state index contributed by atoms with van der Waals surface area (Å²) in [6, 6.07) is 0. The first-order chi connectivity index (χ1) is 9.97. The van der Waals surface area contributed by atoms with E-state index in [0.29, 0.717) is 0 Å². The van der Waals surface area contributed by atoms with E-state index < -0.39 is 15.2 Å². The van der Waals surface area contributed by atoms with Crippen molar-refractivity contribution in [3.05, 3.63) is 0 Å². The number of hydrogen-bond acceptors (Lipinski definition) is 3. The molecule has 0 aromatic rings. The van der Waals surface area contributed by atoms with Gasteiger partial charge in [-0.2, -0.15) is 0 Å². The predicted molar refractivity (Wildman–Crippen MR) is 94.3 cm³/mol. The third kappa shape index (κ3) is 16.5. The molecular formula is C16H36O3P2. The normalized spacial score (nSPS) is 10.9. The third-order valence-corrected chi connectivity index (χ3v) is 9.00. The van der Waals surface area contributed by atoms with Crippen molar-refractivity contribution in [1.82, 2.24) is 0 Å². The molecule has 0 bridgehead atoms. The number of hydrogen-bond donors (Lipinski definition) is 0. The standard InChI is InChI=1S/C16H36P.HO3P/c1-5-9-13-17(14-10-6-2,15-11-7-3)16-12-8-4;1-4(2)3/h5-16H2,1-4H3;(H,1,2,3)/q+1;/p-1. The van der Waals surface area contributed by atoms with Gasteiger partial charge in [-0.05, 0) is 25.7 Å². The molecule has 128 valence electrons. The molecule has 0 heterocycles. The molecule has 0 radical (unpaired) electrons. The van der Waals surface area contributed by atoms with Crippen LogP contribution in [0.1, 0.15) is 79.1 Å². The van der Waals surface area contributed by atoms with Crippen molar-refractivity contribution >= 4 is 15.2 Å². The second kappa shape index (κ2) is 16.7. The van der Waals surface area contributed by atoms with Crippen LogP contribution >= 0.6 is 15.2 Å². The van der Waals surface area contributed by atoms with Gasteiger partial charge in [-0.1, -0.05) is 53.4 Å². The minimum absolute atomic E-state index is 0.562. The molecule has 0 fully saturated rings. The summed E-state index contributed by atoms with van der Waals surface area (Å²) >= 11 is 0. The molecule has 0 spiro atoms. The second-order valence-corrected chi connectivity index (χ2v) is 10.8. The van der Waals surface area contributed by atoms with E-state index in [1.54, 1.807) is 24.6 Å². The van der Waals surface area contributed by atoms with Gasteiger partial charge in [-0.3, -0.25) is 9.13 Å². The Labute approximate surface area is 133 Å². The Morgan fingerprint density at radius 2 is 0.857 bits per heavy atom. The van der Waals surface area contributed by atoms with Crippen LogP contribution < -0.4 is 4.89 Å². The van der Waals surface area contributed by atoms with Gasteiger partial charge in [0.25, 0.3) is 0 Å². The zero-order chi connectivity index (χ0) is 16.6. The Bertz CT molecular complexity index is 233. The molecule has 0 aliphatic heterocycles. The maximum atomic E-state index is 8.48. The van der Waals surface area contributed by atoms with Gasteiger partial charge in [0.05, 0.1) is 24.6 Å². The highest BCUT2D eigenvalue weighted by Gasteiger charge is 2.34. The first-order valence-electron chi connectivity index (χ1n) is 8.64. The highest BCUT2D eigenvalue weighted by molar-refractivity contribution is 7.75. The van der Waals surface area contributed by atoms with Crippen LogP contribution in [0.3, 0.4) is 0 Å². The second-order valence-electron chi connectivity index (χ2n) is 5.87. The van der Waals surface area contributed by atoms with E-state index in [2.05, 4.69) is 27.7 Å². The molecule has 0 amide bonds. The van der Waals surface area contributed by atoms with Crippen LogP contribution in [0.2, 0.25) is 0 Å². The van der Waals surface area contributed by atoms with Crippen molar-refractivity contribution < 1.29 is 14.0 Å². The molecule has 0 aromatic carbocycles. The minimum atomic E-state index is -3.37. The smallest absolute Gasteiger partial charge is 0.250 e. The molecule has 5 heteroatoms. The van der Waals surface area contributed by atoms with Crippen molar-refractivity contribution in [3.63, 3.8) is 0 Å². The lowest BCUT2D eigenvalue weighted by Gasteiger charge is -2.28. The van der Waals surface area contributed by atoms with Crippen LogP contribution in [0.5, 0.6) is 0 Å². The van der Waals surface area contributed by atoms with Crippen LogP contribution in [0.15, 0.2) is 0 Å². The summed E-state index contributed by atoms with van der Waals surface area (Å²) < 4.78 is 17.0. The van der Waals surface area contributed by atoms with Crippen molar-refractivity contribution in [1.29, 1.82) is 0 Å². The Kier molecular flexibility index (Phi) is 18.7. The Hall–Kier alpha value is 0.290. The summed E-state index contributed by atoms with van der Waals surface area (Å²) in [7, 11) is -3.93. The van der Waals surface area contributed by atoms with E-state index in [-0.39, 0.29) is 0 Å². The molecule has 0 atom stereocenters. The molecule has 21 heavy (non-hydrogen) atoms. The topological polar surface area (TPSA) is 57.2 Å². The number of unbranched alkanes of at least 4 members (excludes halogenated alkanes) is 4. The van der Waals surface area contributed by atoms with Gasteiger partial charge in [0.15, 0.2) is 0 Å². The molecule has 0 rings (SSSR count). The van der Waals surface area contributed by atoms with E-state index >= 15 is 0 Å². The molecule has 0 N–H and O–H groups in total. The van der Waals surface area contributed by atoms with Gasteiger partial charge >= 0.3 is 0 Å². The number of rotatable bonds is 12. The largest absolute Gasteiger partial charge is 0.744 e. The molecule has 0 aromatic heterocycles. The average Bonchev–Trinajstić information content (AvgIpc) is 2.45. The Balaban J connectivity index is 0. The summed E-state index contributed by atoms with van der Waals surface area (Å²) in [5.41, 5.74) is 0. The van der Waals surface area contributed by atoms with Crippen LogP contribution in [0.4, 0.5) is 0 Å². The van der Waals surface area contributed by atoms with E-state index in [4.69, 9.17) is 14.0 Å². The Morgan fingerprint density at radius 3 is 1.00 bits per heavy atom. The zero-order valence-corrected chi connectivity index (χ0v) is 16.4. The summed E-state index contributed by atoms with van der Waals surface area (Å²) in [6.07, 6.45) is 17.9. The van der Waals surface area contributed by atoms with Crippen molar-refractivity contribution in [2.24, 2.45) is 0 Å². The molecule has 0 saturated heterocycles. The fourth-order valence-electron chi connectivity index (χ4n) is 2.64. The van der Waals surface area contributed by atoms with Gasteiger partial charge in [0, 0.05) is 7.26 Å². The van der Waals surface area contributed by atoms with Gasteiger partial charge in [0.1, 0.15) is 0 Å². The fourth-order valence-corrected chi connectivity index (χ4v) is 7.93. The quantitative estimate of drug-likeness (QED) is 0.433. The highest BCUT2D eigenvalue weighted by atomic mass is 31.2. The van der Waals surface area contributed by atoms with Gasteiger partial charge in [0.2, 0.25) is 7.91 Å². The lowest BCUT2D eigenvalue weighted by Crippen LogP contribution is -2.12. The molecule has 0 unspecified atom stereocenters. The molecule has 0 aliphatic rings. The van der Waals surface area contributed by atoms with Crippen molar-refractivity contribution in [2.45, 2.75) is 79.1 Å². The predicted octanol–water partition coefficient (Wildman–Crippen LogP) is 5.64. The third-order valence-electron chi connectivity index (χ3n) is 3.94. The summed E-state index contributed by atoms with van der Waals surface area (Å²) in [4.78, 5) is 8.48. The van der Waals surface area contributed by atoms with E-state index in [9.17, 15) is 0 Å². The SMILES string of the molecule is CCCC[P+](CCCC)(CCCC)CCCC.O=P(=O)[O-]. The van der Waals surface area contributed by atoms with E-state index in [1.165, 1.54) is 51.4 Å². The van der Waals surface area contributed by atoms with E-state index in [1.807, 2.05) is 0 Å². The molecular weight excluding hydrogens is 302 g/mol. The van der Waals surface area contributed by atoms with Crippen molar-refractivity contribution in [2.75, 3.05) is 24.6 Å². The van der Waals surface area contributed by atoms with Crippen molar-refractivity contribution in [3.8, 4) is 0 Å². The lowest BCUT2D eigenvalue weighted by molar-refractivity contribution is -0.168. The van der Waals surface area contributed by atoms with Gasteiger partial charge < -0.3 is 4.89 Å². The van der Waals surface area contributed by atoms with Crippen LogP contribution in [0.25, 0.3) is 0 Å². The molecule has 0 saturated carbocycles. The average molecular weight is 338 g/mol. The molecule has 3 nitrogen and oxygen atoms in total. The van der Waals surface area contributed by atoms with Crippen LogP contribution in [-0.2, 0) is 9.13 Å². The zero-order valence-electron chi connectivity index (χ0n) is 14.6. The van der Waals surface area contributed by atoms with E-state index in [0.717, 1.165) is 0 Å². The fraction of sp³-hybridized carbons (Fsp3) is 1.00. The van der Waals surface area contributed by atoms with Gasteiger partial charge in [-0.15, -0.1) is 0 Å². The lowest BCUT2D eigenvalue weighted by atomic mass is 10.4. The highest BCUT2D eigenvalue weighted by Crippen LogP contribution is 2.61. The maximum Gasteiger partial charge on any atom is 0.250 e. The molecule has 0 aliphatic carbocycles. The maximum absolute atomic E-state index is 8.48. The van der Waals surface area contributed by atoms with Crippen LogP contribution in [0, 0.1) is 0 Å². The Morgan fingerprint density at radius 1 is 0.667 bits per heavy atom.